The summed E-state index contributed by atoms with van der Waals surface area (Å²) in [7, 11) is 2.44. The number of carbonyl (C=O) groups excluding carboxylic acids is 2. The molecule has 0 saturated carbocycles. The van der Waals surface area contributed by atoms with Gasteiger partial charge >= 0.3 is 11.9 Å². The van der Waals surface area contributed by atoms with Gasteiger partial charge in [-0.25, -0.2) is 9.59 Å². The van der Waals surface area contributed by atoms with Crippen molar-refractivity contribution in [2.24, 2.45) is 0 Å². The minimum Gasteiger partial charge on any atom is -0.466 e. The second-order valence-corrected chi connectivity index (χ2v) is 6.17. The molecule has 0 aliphatic carbocycles. The summed E-state index contributed by atoms with van der Waals surface area (Å²) in [5.74, 6) is -1.37. The van der Waals surface area contributed by atoms with Crippen LogP contribution < -0.4 is 4.90 Å². The Kier molecular flexibility index (Phi) is 6.72. The topological polar surface area (TPSA) is 65.1 Å². The van der Waals surface area contributed by atoms with Gasteiger partial charge in [-0.15, -0.1) is 0 Å². The van der Waals surface area contributed by atoms with Crippen molar-refractivity contribution in [3.8, 4) is 0 Å². The van der Waals surface area contributed by atoms with E-state index in [-0.39, 0.29) is 34.1 Å². The molecule has 0 aromatic heterocycles. The molecule has 0 N–H and O–H groups in total. The fourth-order valence-electron chi connectivity index (χ4n) is 2.27. The minimum absolute atomic E-state index is 0.0321. The molecule has 134 valence electrons. The predicted octanol–water partition coefficient (Wildman–Crippen LogP) is 3.42. The number of anilines is 1. The molecule has 0 amide bonds. The van der Waals surface area contributed by atoms with E-state index in [1.54, 1.807) is 24.3 Å². The van der Waals surface area contributed by atoms with Gasteiger partial charge in [0, 0.05) is 5.69 Å². The molecule has 1 heterocycles. The maximum absolute atomic E-state index is 12.2. The standard InChI is InChI=1S/C16H14Cl3NO5/c1-23-15(21)11-7-25-8-20(13(11)16(22)24-2)10-5-3-4-9(6-10)12(17)14(18)19/h3-6H,7-8H2,1-2H3. The molecule has 2 rings (SSSR count). The second kappa shape index (κ2) is 8.58. The molecule has 1 aromatic rings. The molecule has 6 nitrogen and oxygen atoms in total. The number of carbonyl (C=O) groups is 2. The van der Waals surface area contributed by atoms with Crippen molar-refractivity contribution < 1.29 is 23.8 Å². The monoisotopic (exact) mass is 405 g/mol. The summed E-state index contributed by atoms with van der Waals surface area (Å²) in [6.45, 7) is -0.0359. The van der Waals surface area contributed by atoms with E-state index in [2.05, 4.69) is 0 Å². The summed E-state index contributed by atoms with van der Waals surface area (Å²) in [4.78, 5) is 25.7. The highest BCUT2D eigenvalue weighted by atomic mass is 35.5. The van der Waals surface area contributed by atoms with E-state index in [1.165, 1.54) is 19.1 Å². The van der Waals surface area contributed by atoms with Crippen LogP contribution in [-0.2, 0) is 23.8 Å². The molecule has 1 aliphatic heterocycles. The van der Waals surface area contributed by atoms with Gasteiger partial charge in [0.05, 0.1) is 31.4 Å². The van der Waals surface area contributed by atoms with Crippen LogP contribution in [0.4, 0.5) is 5.69 Å². The smallest absolute Gasteiger partial charge is 0.355 e. The molecule has 25 heavy (non-hydrogen) atoms. The number of hydrogen-bond acceptors (Lipinski definition) is 6. The lowest BCUT2D eigenvalue weighted by atomic mass is 10.1. The third-order valence-electron chi connectivity index (χ3n) is 3.41. The molecule has 1 aliphatic rings. The zero-order chi connectivity index (χ0) is 18.6. The highest BCUT2D eigenvalue weighted by Crippen LogP contribution is 2.32. The quantitative estimate of drug-likeness (QED) is 0.714. The summed E-state index contributed by atoms with van der Waals surface area (Å²) in [5.41, 5.74) is 1.16. The first-order chi connectivity index (χ1) is 11.9. The van der Waals surface area contributed by atoms with Gasteiger partial charge in [-0.1, -0.05) is 46.9 Å². The highest BCUT2D eigenvalue weighted by molar-refractivity contribution is 6.66. The lowest BCUT2D eigenvalue weighted by molar-refractivity contribution is -0.140. The molecule has 0 atom stereocenters. The third kappa shape index (κ3) is 4.27. The van der Waals surface area contributed by atoms with Gasteiger partial charge in [0.1, 0.15) is 16.9 Å². The average molecular weight is 407 g/mol. The summed E-state index contributed by atoms with van der Waals surface area (Å²) in [6, 6.07) is 6.76. The van der Waals surface area contributed by atoms with Gasteiger partial charge in [-0.05, 0) is 17.7 Å². The number of methoxy groups -OCH3 is 2. The van der Waals surface area contributed by atoms with E-state index in [1.807, 2.05) is 0 Å². The van der Waals surface area contributed by atoms with Gasteiger partial charge in [0.25, 0.3) is 0 Å². The lowest BCUT2D eigenvalue weighted by Crippen LogP contribution is -2.38. The maximum atomic E-state index is 12.2. The van der Waals surface area contributed by atoms with Crippen LogP contribution in [0.15, 0.2) is 40.0 Å². The van der Waals surface area contributed by atoms with Crippen LogP contribution in [-0.4, -0.2) is 39.5 Å². The Morgan fingerprint density at radius 1 is 1.12 bits per heavy atom. The summed E-state index contributed by atoms with van der Waals surface area (Å²) in [5, 5.41) is 0.153. The van der Waals surface area contributed by atoms with Crippen LogP contribution >= 0.6 is 34.8 Å². The SMILES string of the molecule is COC(=O)C1=C(C(=O)OC)N(c2cccc(C(Cl)=C(Cl)Cl)c2)COC1. The molecule has 0 bridgehead atoms. The zero-order valence-corrected chi connectivity index (χ0v) is 15.6. The highest BCUT2D eigenvalue weighted by Gasteiger charge is 2.32. The fourth-order valence-corrected chi connectivity index (χ4v) is 2.60. The summed E-state index contributed by atoms with van der Waals surface area (Å²) < 4.78 is 14.8. The van der Waals surface area contributed by atoms with Gasteiger partial charge in [0.15, 0.2) is 0 Å². The van der Waals surface area contributed by atoms with Crippen molar-refractivity contribution in [3.05, 3.63) is 45.6 Å². The third-order valence-corrected chi connectivity index (χ3v) is 4.39. The molecular weight excluding hydrogens is 393 g/mol. The lowest BCUT2D eigenvalue weighted by Gasteiger charge is -2.31. The Labute approximate surface area is 159 Å². The average Bonchev–Trinajstić information content (AvgIpc) is 2.65. The number of nitrogens with zero attached hydrogens (tertiary/aromatic N) is 1. The molecule has 9 heteroatoms. The van der Waals surface area contributed by atoms with Crippen LogP contribution in [0, 0.1) is 0 Å². The maximum Gasteiger partial charge on any atom is 0.355 e. The molecular formula is C16H14Cl3NO5. The Hall–Kier alpha value is -1.73. The van der Waals surface area contributed by atoms with Crippen molar-refractivity contribution in [2.75, 3.05) is 32.5 Å². The first-order valence-corrected chi connectivity index (χ1v) is 8.10. The molecule has 0 spiro atoms. The van der Waals surface area contributed by atoms with Crippen LogP contribution in [0.2, 0.25) is 0 Å². The zero-order valence-electron chi connectivity index (χ0n) is 13.3. The fraction of sp³-hybridized carbons (Fsp3) is 0.250. The van der Waals surface area contributed by atoms with Crippen molar-refractivity contribution in [1.29, 1.82) is 0 Å². The molecule has 0 unspecified atom stereocenters. The predicted molar refractivity (Wildman–Crippen MR) is 95.3 cm³/mol. The van der Waals surface area contributed by atoms with Gasteiger partial charge in [-0.3, -0.25) is 0 Å². The van der Waals surface area contributed by atoms with E-state index in [4.69, 9.17) is 49.0 Å². The summed E-state index contributed by atoms with van der Waals surface area (Å²) >= 11 is 17.5. The molecule has 1 aromatic carbocycles. The van der Waals surface area contributed by atoms with Crippen molar-refractivity contribution >= 4 is 57.5 Å². The van der Waals surface area contributed by atoms with Crippen molar-refractivity contribution in [3.63, 3.8) is 0 Å². The minimum atomic E-state index is -0.689. The van der Waals surface area contributed by atoms with E-state index in [9.17, 15) is 9.59 Å². The van der Waals surface area contributed by atoms with E-state index < -0.39 is 11.9 Å². The van der Waals surface area contributed by atoms with Crippen LogP contribution in [0.3, 0.4) is 0 Å². The first-order valence-electron chi connectivity index (χ1n) is 6.97. The Bertz CT molecular complexity index is 756. The Morgan fingerprint density at radius 3 is 2.40 bits per heavy atom. The number of hydrogen-bond donors (Lipinski definition) is 0. The normalized spacial score (nSPS) is 14.2. The molecule has 0 radical (unpaired) electrons. The second-order valence-electron chi connectivity index (χ2n) is 4.84. The Morgan fingerprint density at radius 2 is 1.80 bits per heavy atom. The van der Waals surface area contributed by atoms with Crippen molar-refractivity contribution in [2.45, 2.75) is 0 Å². The Balaban J connectivity index is 2.56. The van der Waals surface area contributed by atoms with Crippen LogP contribution in [0.5, 0.6) is 0 Å². The van der Waals surface area contributed by atoms with Crippen molar-refractivity contribution in [1.82, 2.24) is 0 Å². The van der Waals surface area contributed by atoms with E-state index in [0.717, 1.165) is 0 Å². The van der Waals surface area contributed by atoms with Gasteiger partial charge in [0.2, 0.25) is 0 Å². The summed E-state index contributed by atoms with van der Waals surface area (Å²) in [6.07, 6.45) is 0. The number of halogens is 3. The molecule has 0 saturated heterocycles. The number of esters is 2. The van der Waals surface area contributed by atoms with Gasteiger partial charge < -0.3 is 19.1 Å². The number of rotatable bonds is 4. The largest absolute Gasteiger partial charge is 0.466 e. The van der Waals surface area contributed by atoms with Crippen LogP contribution in [0.25, 0.3) is 5.03 Å². The number of benzene rings is 1. The first kappa shape index (κ1) is 19.6. The number of ether oxygens (including phenoxy) is 3. The van der Waals surface area contributed by atoms with E-state index >= 15 is 0 Å². The molecule has 0 fully saturated rings. The van der Waals surface area contributed by atoms with Crippen LogP contribution in [0.1, 0.15) is 5.56 Å². The van der Waals surface area contributed by atoms with E-state index in [0.29, 0.717) is 11.3 Å². The van der Waals surface area contributed by atoms with Gasteiger partial charge in [-0.2, -0.15) is 0 Å².